The first-order chi connectivity index (χ1) is 5.16. The van der Waals surface area contributed by atoms with Crippen LogP contribution in [0.25, 0.3) is 0 Å². The van der Waals surface area contributed by atoms with Gasteiger partial charge in [-0.3, -0.25) is 4.79 Å². The topological polar surface area (TPSA) is 55.1 Å². The Morgan fingerprint density at radius 1 is 1.64 bits per heavy atom. The van der Waals surface area contributed by atoms with E-state index in [0.29, 0.717) is 0 Å². The average Bonchev–Trinajstić information content (AvgIpc) is 1.97. The highest BCUT2D eigenvalue weighted by Gasteiger charge is 1.96. The Bertz CT molecular complexity index is 147. The number of carbonyl (C=O) groups excluding carboxylic acids is 1. The van der Waals surface area contributed by atoms with Crippen molar-refractivity contribution in [2.45, 2.75) is 26.2 Å². The maximum Gasteiger partial charge on any atom is 0.236 e. The zero-order chi connectivity index (χ0) is 8.69. The number of amides is 1. The van der Waals surface area contributed by atoms with Gasteiger partial charge in [0.1, 0.15) is 0 Å². The van der Waals surface area contributed by atoms with E-state index in [1.54, 1.807) is 0 Å². The molecule has 0 aliphatic carbocycles. The van der Waals surface area contributed by atoms with Gasteiger partial charge in [0.05, 0.1) is 11.5 Å². The van der Waals surface area contributed by atoms with Gasteiger partial charge in [-0.05, 0) is 12.8 Å². The summed E-state index contributed by atoms with van der Waals surface area (Å²) < 4.78 is 0. The summed E-state index contributed by atoms with van der Waals surface area (Å²) in [5, 5.41) is 2.77. The molecule has 0 aliphatic rings. The number of hydrogen-bond donors (Lipinski definition) is 2. The molecule has 3 nitrogen and oxygen atoms in total. The largest absolute Gasteiger partial charge is 0.371 e. The second-order valence-electron chi connectivity index (χ2n) is 2.35. The standard InChI is InChI=1S/C7H14N2OS/c1-2-3-4-7(11)9-5-6(8)10/h2-5H2,1H3,(H2,8,10)(H,9,11). The number of nitrogens with one attached hydrogen (secondary N) is 1. The number of unbranched alkanes of at least 4 members (excludes halogenated alkanes) is 1. The minimum Gasteiger partial charge on any atom is -0.371 e. The highest BCUT2D eigenvalue weighted by Crippen LogP contribution is 1.94. The minimum atomic E-state index is -0.371. The molecular weight excluding hydrogens is 160 g/mol. The van der Waals surface area contributed by atoms with Crippen LogP contribution < -0.4 is 11.1 Å². The average molecular weight is 174 g/mol. The van der Waals surface area contributed by atoms with Gasteiger partial charge < -0.3 is 11.1 Å². The first kappa shape index (κ1) is 10.4. The molecule has 0 radical (unpaired) electrons. The molecule has 3 N–H and O–H groups in total. The van der Waals surface area contributed by atoms with Crippen LogP contribution in [-0.4, -0.2) is 17.4 Å². The normalized spacial score (nSPS) is 9.18. The van der Waals surface area contributed by atoms with Gasteiger partial charge in [-0.1, -0.05) is 25.6 Å². The van der Waals surface area contributed by atoms with Gasteiger partial charge in [0.25, 0.3) is 0 Å². The van der Waals surface area contributed by atoms with E-state index in [-0.39, 0.29) is 12.5 Å². The fourth-order valence-corrected chi connectivity index (χ4v) is 0.828. The molecule has 0 aromatic rings. The third-order valence-electron chi connectivity index (χ3n) is 1.22. The van der Waals surface area contributed by atoms with Crippen molar-refractivity contribution in [3.05, 3.63) is 0 Å². The van der Waals surface area contributed by atoms with Gasteiger partial charge in [-0.25, -0.2) is 0 Å². The minimum absolute atomic E-state index is 0.155. The van der Waals surface area contributed by atoms with Crippen LogP contribution in [-0.2, 0) is 4.79 Å². The second kappa shape index (κ2) is 6.09. The van der Waals surface area contributed by atoms with Crippen molar-refractivity contribution in [3.63, 3.8) is 0 Å². The number of rotatable bonds is 5. The number of primary amides is 1. The second-order valence-corrected chi connectivity index (χ2v) is 2.84. The summed E-state index contributed by atoms with van der Waals surface area (Å²) >= 11 is 4.92. The number of hydrogen-bond acceptors (Lipinski definition) is 2. The summed E-state index contributed by atoms with van der Waals surface area (Å²) in [5.41, 5.74) is 4.91. The van der Waals surface area contributed by atoms with Crippen LogP contribution in [0, 0.1) is 0 Å². The maximum absolute atomic E-state index is 10.3. The SMILES string of the molecule is CCCCC(=S)NCC(N)=O. The van der Waals surface area contributed by atoms with Crippen LogP contribution in [0.3, 0.4) is 0 Å². The van der Waals surface area contributed by atoms with Gasteiger partial charge >= 0.3 is 0 Å². The van der Waals surface area contributed by atoms with Crippen molar-refractivity contribution in [1.82, 2.24) is 5.32 Å². The van der Waals surface area contributed by atoms with Crippen LogP contribution in [0.1, 0.15) is 26.2 Å². The van der Waals surface area contributed by atoms with E-state index >= 15 is 0 Å². The Balaban J connectivity index is 3.30. The fraction of sp³-hybridized carbons (Fsp3) is 0.714. The van der Waals surface area contributed by atoms with Crippen molar-refractivity contribution >= 4 is 23.1 Å². The summed E-state index contributed by atoms with van der Waals surface area (Å²) in [6, 6.07) is 0. The summed E-state index contributed by atoms with van der Waals surface area (Å²) in [6.07, 6.45) is 3.02. The third kappa shape index (κ3) is 7.25. The summed E-state index contributed by atoms with van der Waals surface area (Å²) in [5.74, 6) is -0.371. The van der Waals surface area contributed by atoms with E-state index < -0.39 is 0 Å². The lowest BCUT2D eigenvalue weighted by Crippen LogP contribution is -2.32. The first-order valence-corrected chi connectivity index (χ1v) is 4.12. The predicted molar refractivity (Wildman–Crippen MR) is 49.3 cm³/mol. The van der Waals surface area contributed by atoms with Crippen molar-refractivity contribution in [3.8, 4) is 0 Å². The van der Waals surface area contributed by atoms with Crippen molar-refractivity contribution in [2.24, 2.45) is 5.73 Å². The molecule has 64 valence electrons. The quantitative estimate of drug-likeness (QED) is 0.599. The van der Waals surface area contributed by atoms with Crippen molar-refractivity contribution in [2.75, 3.05) is 6.54 Å². The molecule has 0 heterocycles. The van der Waals surface area contributed by atoms with E-state index in [9.17, 15) is 4.79 Å². The Morgan fingerprint density at radius 2 is 2.27 bits per heavy atom. The van der Waals surface area contributed by atoms with E-state index in [2.05, 4.69) is 12.2 Å². The predicted octanol–water partition coefficient (Wildman–Crippen LogP) is 0.579. The highest BCUT2D eigenvalue weighted by molar-refractivity contribution is 7.80. The number of nitrogens with two attached hydrogens (primary N) is 1. The van der Waals surface area contributed by atoms with Gasteiger partial charge in [0.15, 0.2) is 0 Å². The molecule has 0 fully saturated rings. The fourth-order valence-electron chi connectivity index (χ4n) is 0.611. The Morgan fingerprint density at radius 3 is 2.73 bits per heavy atom. The highest BCUT2D eigenvalue weighted by atomic mass is 32.1. The van der Waals surface area contributed by atoms with Crippen LogP contribution >= 0.6 is 12.2 Å². The molecule has 0 bridgehead atoms. The Hall–Kier alpha value is -0.640. The van der Waals surface area contributed by atoms with Crippen LogP contribution in [0.15, 0.2) is 0 Å². The molecule has 0 spiro atoms. The van der Waals surface area contributed by atoms with E-state index in [0.717, 1.165) is 24.3 Å². The van der Waals surface area contributed by atoms with Crippen molar-refractivity contribution in [1.29, 1.82) is 0 Å². The lowest BCUT2D eigenvalue weighted by molar-refractivity contribution is -0.116. The summed E-state index contributed by atoms with van der Waals surface area (Å²) in [6.45, 7) is 2.25. The number of thiocarbonyl (C=S) groups is 1. The molecular formula is C7H14N2OS. The molecule has 0 aliphatic heterocycles. The molecule has 0 rings (SSSR count). The molecule has 1 amide bonds. The first-order valence-electron chi connectivity index (χ1n) is 3.71. The smallest absolute Gasteiger partial charge is 0.236 e. The zero-order valence-electron chi connectivity index (χ0n) is 6.72. The molecule has 0 saturated heterocycles. The lowest BCUT2D eigenvalue weighted by Gasteiger charge is -2.03. The molecule has 0 atom stereocenters. The van der Waals surface area contributed by atoms with Crippen molar-refractivity contribution < 1.29 is 4.79 Å². The molecule has 0 unspecified atom stereocenters. The van der Waals surface area contributed by atoms with Crippen LogP contribution in [0.2, 0.25) is 0 Å². The maximum atomic E-state index is 10.3. The zero-order valence-corrected chi connectivity index (χ0v) is 7.54. The summed E-state index contributed by atoms with van der Waals surface area (Å²) in [4.78, 5) is 11.0. The van der Waals surface area contributed by atoms with E-state index in [1.165, 1.54) is 0 Å². The van der Waals surface area contributed by atoms with Crippen LogP contribution in [0.4, 0.5) is 0 Å². The molecule has 11 heavy (non-hydrogen) atoms. The monoisotopic (exact) mass is 174 g/mol. The van der Waals surface area contributed by atoms with Gasteiger partial charge in [-0.2, -0.15) is 0 Å². The Labute approximate surface area is 72.3 Å². The van der Waals surface area contributed by atoms with Crippen LogP contribution in [0.5, 0.6) is 0 Å². The third-order valence-corrected chi connectivity index (χ3v) is 1.57. The lowest BCUT2D eigenvalue weighted by atomic mass is 10.2. The summed E-state index contributed by atoms with van der Waals surface area (Å²) in [7, 11) is 0. The van der Waals surface area contributed by atoms with Gasteiger partial charge in [-0.15, -0.1) is 0 Å². The van der Waals surface area contributed by atoms with E-state index in [1.807, 2.05) is 0 Å². The molecule has 0 aromatic carbocycles. The Kier molecular flexibility index (Phi) is 5.74. The molecule has 0 saturated carbocycles. The van der Waals surface area contributed by atoms with Gasteiger partial charge in [0.2, 0.25) is 5.91 Å². The molecule has 0 aromatic heterocycles. The van der Waals surface area contributed by atoms with E-state index in [4.69, 9.17) is 18.0 Å². The van der Waals surface area contributed by atoms with Gasteiger partial charge in [0, 0.05) is 0 Å². The molecule has 4 heteroatoms. The number of carbonyl (C=O) groups is 1.